The average Bonchev–Trinajstić information content (AvgIpc) is 3.23. The zero-order valence-electron chi connectivity index (χ0n) is 22.1. The third-order valence-electron chi connectivity index (χ3n) is 7.47. The molecule has 0 radical (unpaired) electrons. The summed E-state index contributed by atoms with van der Waals surface area (Å²) in [5, 5.41) is 21.3. The quantitative estimate of drug-likeness (QED) is 0.519. The number of benzene rings is 1. The highest BCUT2D eigenvalue weighted by Crippen LogP contribution is 2.41. The van der Waals surface area contributed by atoms with E-state index in [0.29, 0.717) is 6.42 Å². The van der Waals surface area contributed by atoms with E-state index in [9.17, 15) is 10.4 Å². The molecule has 1 aliphatic rings. The van der Waals surface area contributed by atoms with Crippen molar-refractivity contribution in [2.45, 2.75) is 78.6 Å². The maximum absolute atomic E-state index is 10.1. The van der Waals surface area contributed by atoms with Gasteiger partial charge >= 0.3 is 7.12 Å². The lowest BCUT2D eigenvalue weighted by molar-refractivity contribution is 0.00578. The van der Waals surface area contributed by atoms with Crippen LogP contribution in [0.1, 0.15) is 61.0 Å². The third kappa shape index (κ3) is 4.40. The number of nitriles is 1. The van der Waals surface area contributed by atoms with Crippen molar-refractivity contribution in [3.63, 3.8) is 0 Å². The Hall–Kier alpha value is -2.66. The SMILES string of the molecule is CC(C)(CO)Cc1c(-c2cccnc2)n(C(C)(C)C#N)c2ccc(B3OC(C)(C)C(C)(C)O3)cc12. The number of nitrogens with zero attached hydrogens (tertiary/aromatic N) is 3. The van der Waals surface area contributed by atoms with Gasteiger partial charge in [0, 0.05) is 30.0 Å². The number of pyridine rings is 1. The van der Waals surface area contributed by atoms with Crippen LogP contribution in [0.25, 0.3) is 22.2 Å². The number of aliphatic hydroxyl groups is 1. The molecule has 35 heavy (non-hydrogen) atoms. The van der Waals surface area contributed by atoms with Gasteiger partial charge in [-0.15, -0.1) is 0 Å². The first-order chi connectivity index (χ1) is 16.2. The minimum Gasteiger partial charge on any atom is -0.399 e. The first-order valence-corrected chi connectivity index (χ1v) is 12.2. The van der Waals surface area contributed by atoms with Gasteiger partial charge in [-0.1, -0.05) is 26.0 Å². The number of fused-ring (bicyclic) bond motifs is 1. The van der Waals surface area contributed by atoms with E-state index >= 15 is 0 Å². The van der Waals surface area contributed by atoms with Crippen LogP contribution in [-0.2, 0) is 21.3 Å². The summed E-state index contributed by atoms with van der Waals surface area (Å²) in [6.45, 7) is 16.2. The summed E-state index contributed by atoms with van der Waals surface area (Å²) in [7, 11) is -0.489. The molecule has 1 N–H and O–H groups in total. The van der Waals surface area contributed by atoms with Crippen LogP contribution in [-0.4, -0.2) is 39.6 Å². The van der Waals surface area contributed by atoms with Crippen LogP contribution in [0.2, 0.25) is 0 Å². The molecular weight excluding hydrogens is 437 g/mol. The van der Waals surface area contributed by atoms with Gasteiger partial charge in [-0.2, -0.15) is 5.26 Å². The highest BCUT2D eigenvalue weighted by Gasteiger charge is 2.51. The maximum Gasteiger partial charge on any atom is 0.494 e. The molecule has 0 spiro atoms. The average molecular weight is 473 g/mol. The molecule has 0 atom stereocenters. The Morgan fingerprint density at radius 3 is 2.29 bits per heavy atom. The Kier molecular flexibility index (Phi) is 6.16. The lowest BCUT2D eigenvalue weighted by Crippen LogP contribution is -2.41. The van der Waals surface area contributed by atoms with Gasteiger partial charge in [-0.3, -0.25) is 4.98 Å². The van der Waals surface area contributed by atoms with E-state index in [0.717, 1.165) is 33.2 Å². The van der Waals surface area contributed by atoms with E-state index in [1.54, 1.807) is 6.20 Å². The van der Waals surface area contributed by atoms with Gasteiger partial charge in [0.15, 0.2) is 0 Å². The van der Waals surface area contributed by atoms with Crippen LogP contribution in [0, 0.1) is 16.7 Å². The molecule has 1 aromatic carbocycles. The molecule has 3 heterocycles. The van der Waals surface area contributed by atoms with Crippen molar-refractivity contribution in [3.8, 4) is 17.3 Å². The molecule has 1 aliphatic heterocycles. The smallest absolute Gasteiger partial charge is 0.399 e. The molecule has 0 bridgehead atoms. The Bertz CT molecular complexity index is 1270. The summed E-state index contributed by atoms with van der Waals surface area (Å²) in [5.41, 5.74) is 2.81. The monoisotopic (exact) mass is 473 g/mol. The summed E-state index contributed by atoms with van der Waals surface area (Å²) in [4.78, 5) is 4.36. The van der Waals surface area contributed by atoms with Crippen molar-refractivity contribution in [1.29, 1.82) is 5.26 Å². The molecule has 184 valence electrons. The number of aliphatic hydroxyl groups excluding tert-OH is 1. The summed E-state index contributed by atoms with van der Waals surface area (Å²) in [5.74, 6) is 0. The minimum atomic E-state index is -0.809. The van der Waals surface area contributed by atoms with Gasteiger partial charge in [-0.25, -0.2) is 0 Å². The summed E-state index contributed by atoms with van der Waals surface area (Å²) in [6.07, 6.45) is 4.22. The van der Waals surface area contributed by atoms with E-state index in [1.807, 2.05) is 65.9 Å². The second-order valence-electron chi connectivity index (χ2n) is 11.9. The molecule has 2 aromatic heterocycles. The molecule has 7 heteroatoms. The Morgan fingerprint density at radius 2 is 1.74 bits per heavy atom. The van der Waals surface area contributed by atoms with E-state index < -0.39 is 23.9 Å². The highest BCUT2D eigenvalue weighted by molar-refractivity contribution is 6.62. The fourth-order valence-corrected chi connectivity index (χ4v) is 4.65. The molecule has 1 fully saturated rings. The van der Waals surface area contributed by atoms with Crippen molar-refractivity contribution < 1.29 is 14.4 Å². The zero-order chi connectivity index (χ0) is 25.8. The van der Waals surface area contributed by atoms with Gasteiger partial charge in [-0.05, 0) is 82.6 Å². The Morgan fingerprint density at radius 1 is 1.09 bits per heavy atom. The van der Waals surface area contributed by atoms with Gasteiger partial charge in [0.25, 0.3) is 0 Å². The van der Waals surface area contributed by atoms with Crippen LogP contribution in [0.3, 0.4) is 0 Å². The lowest BCUT2D eigenvalue weighted by Gasteiger charge is -2.32. The molecule has 0 saturated carbocycles. The number of hydrogen-bond acceptors (Lipinski definition) is 5. The van der Waals surface area contributed by atoms with Gasteiger partial charge in [0.2, 0.25) is 0 Å². The van der Waals surface area contributed by atoms with Crippen LogP contribution in [0.15, 0.2) is 42.7 Å². The van der Waals surface area contributed by atoms with E-state index in [4.69, 9.17) is 9.31 Å². The second-order valence-corrected chi connectivity index (χ2v) is 11.9. The third-order valence-corrected chi connectivity index (χ3v) is 7.47. The van der Waals surface area contributed by atoms with Crippen molar-refractivity contribution >= 4 is 23.5 Å². The predicted octanol–water partition coefficient (Wildman–Crippen LogP) is 4.82. The van der Waals surface area contributed by atoms with E-state index in [2.05, 4.69) is 41.6 Å². The zero-order valence-corrected chi connectivity index (χ0v) is 22.1. The molecule has 4 rings (SSSR count). The van der Waals surface area contributed by atoms with Gasteiger partial charge in [0.05, 0.1) is 28.5 Å². The number of hydrogen-bond donors (Lipinski definition) is 1. The first-order valence-electron chi connectivity index (χ1n) is 12.2. The molecular formula is C28H36BN3O3. The Balaban J connectivity index is 2.02. The number of rotatable bonds is 6. The minimum absolute atomic E-state index is 0.0463. The van der Waals surface area contributed by atoms with Gasteiger partial charge < -0.3 is 19.0 Å². The number of aromatic nitrogens is 2. The predicted molar refractivity (Wildman–Crippen MR) is 140 cm³/mol. The van der Waals surface area contributed by atoms with Crippen molar-refractivity contribution in [2.24, 2.45) is 5.41 Å². The second kappa shape index (κ2) is 8.48. The van der Waals surface area contributed by atoms with Crippen LogP contribution < -0.4 is 5.46 Å². The summed E-state index contributed by atoms with van der Waals surface area (Å²) in [6, 6.07) is 12.6. The normalized spacial score (nSPS) is 17.7. The summed E-state index contributed by atoms with van der Waals surface area (Å²) >= 11 is 0. The highest BCUT2D eigenvalue weighted by atomic mass is 16.7. The van der Waals surface area contributed by atoms with Crippen molar-refractivity contribution in [1.82, 2.24) is 9.55 Å². The fourth-order valence-electron chi connectivity index (χ4n) is 4.65. The largest absolute Gasteiger partial charge is 0.494 e. The van der Waals surface area contributed by atoms with E-state index in [1.165, 1.54) is 0 Å². The van der Waals surface area contributed by atoms with Crippen LogP contribution in [0.4, 0.5) is 0 Å². The van der Waals surface area contributed by atoms with Crippen molar-refractivity contribution in [2.75, 3.05) is 6.61 Å². The molecule has 0 unspecified atom stereocenters. The molecule has 0 aliphatic carbocycles. The molecule has 6 nitrogen and oxygen atoms in total. The molecule has 1 saturated heterocycles. The maximum atomic E-state index is 10.1. The topological polar surface area (TPSA) is 80.3 Å². The van der Waals surface area contributed by atoms with Crippen LogP contribution in [0.5, 0.6) is 0 Å². The standard InChI is InChI=1S/C28H36BN3O3/c1-25(2,18-33)15-22-21-14-20(29-34-27(5,6)28(7,8)35-29)11-12-23(21)32(26(3,4)17-30)24(22)19-10-9-13-31-16-19/h9-14,16,33H,15,18H2,1-8H3. The van der Waals surface area contributed by atoms with Crippen molar-refractivity contribution in [3.05, 3.63) is 48.3 Å². The Labute approximate surface area is 209 Å². The first kappa shape index (κ1) is 25.4. The summed E-state index contributed by atoms with van der Waals surface area (Å²) < 4.78 is 14.8. The van der Waals surface area contributed by atoms with Crippen LogP contribution >= 0.6 is 0 Å². The lowest BCUT2D eigenvalue weighted by atomic mass is 9.77. The van der Waals surface area contributed by atoms with E-state index in [-0.39, 0.29) is 12.0 Å². The molecule has 3 aromatic rings. The fraction of sp³-hybridized carbons (Fsp3) is 0.500. The molecule has 0 amide bonds. The van der Waals surface area contributed by atoms with Gasteiger partial charge in [0.1, 0.15) is 5.54 Å².